The topological polar surface area (TPSA) is 40.5 Å². The maximum atomic E-state index is 11.1. The average molecular weight is 273 g/mol. The number of carbonyl (C=O) groups is 1. The molecule has 20 heavy (non-hydrogen) atoms. The molecule has 1 heterocycles. The maximum absolute atomic E-state index is 11.1. The molecule has 1 aromatic rings. The number of benzene rings is 1. The summed E-state index contributed by atoms with van der Waals surface area (Å²) in [5, 5.41) is 9.11. The van der Waals surface area contributed by atoms with Crippen LogP contribution in [0.15, 0.2) is 18.2 Å². The van der Waals surface area contributed by atoms with E-state index in [1.165, 1.54) is 37.8 Å². The van der Waals surface area contributed by atoms with E-state index < -0.39 is 5.97 Å². The van der Waals surface area contributed by atoms with E-state index in [1.54, 1.807) is 6.07 Å². The Kier molecular flexibility index (Phi) is 3.68. The summed E-state index contributed by atoms with van der Waals surface area (Å²) >= 11 is 0. The van der Waals surface area contributed by atoms with Gasteiger partial charge in [0.15, 0.2) is 0 Å². The Bertz CT molecular complexity index is 512. The summed E-state index contributed by atoms with van der Waals surface area (Å²) in [7, 11) is 0. The number of carboxylic acid groups (broad SMARTS) is 1. The first-order valence-electron chi connectivity index (χ1n) is 7.74. The van der Waals surface area contributed by atoms with Gasteiger partial charge in [0.1, 0.15) is 0 Å². The average Bonchev–Trinajstić information content (AvgIpc) is 2.46. The molecule has 1 aliphatic heterocycles. The van der Waals surface area contributed by atoms with Crippen molar-refractivity contribution in [3.8, 4) is 0 Å². The van der Waals surface area contributed by atoms with Gasteiger partial charge in [-0.15, -0.1) is 0 Å². The van der Waals surface area contributed by atoms with Crippen molar-refractivity contribution in [1.82, 2.24) is 0 Å². The number of carboxylic acids is 1. The minimum Gasteiger partial charge on any atom is -0.478 e. The fourth-order valence-corrected chi connectivity index (χ4v) is 3.92. The van der Waals surface area contributed by atoms with Crippen LogP contribution in [0.5, 0.6) is 0 Å². The summed E-state index contributed by atoms with van der Waals surface area (Å²) in [6.07, 6.45) is 6.87. The van der Waals surface area contributed by atoms with E-state index in [-0.39, 0.29) is 0 Å². The molecule has 2 fully saturated rings. The number of nitrogens with zero attached hydrogens (tertiary/aromatic N) is 1. The van der Waals surface area contributed by atoms with Gasteiger partial charge in [0.2, 0.25) is 0 Å². The Morgan fingerprint density at radius 3 is 2.65 bits per heavy atom. The van der Waals surface area contributed by atoms with Crippen molar-refractivity contribution in [1.29, 1.82) is 0 Å². The molecule has 2 aliphatic rings. The number of piperidine rings is 1. The van der Waals surface area contributed by atoms with Crippen LogP contribution in [0.3, 0.4) is 0 Å². The second kappa shape index (κ2) is 5.47. The van der Waals surface area contributed by atoms with Crippen LogP contribution >= 0.6 is 0 Å². The second-order valence-electron chi connectivity index (χ2n) is 6.34. The quantitative estimate of drug-likeness (QED) is 0.893. The van der Waals surface area contributed by atoms with Gasteiger partial charge in [-0.25, -0.2) is 4.79 Å². The molecule has 108 valence electrons. The van der Waals surface area contributed by atoms with Gasteiger partial charge >= 0.3 is 5.97 Å². The Balaban J connectivity index is 1.76. The highest BCUT2D eigenvalue weighted by Gasteiger charge is 2.31. The van der Waals surface area contributed by atoms with E-state index in [0.29, 0.717) is 5.56 Å². The van der Waals surface area contributed by atoms with E-state index >= 15 is 0 Å². The summed E-state index contributed by atoms with van der Waals surface area (Å²) in [5.41, 5.74) is 2.47. The van der Waals surface area contributed by atoms with Gasteiger partial charge in [-0.3, -0.25) is 0 Å². The van der Waals surface area contributed by atoms with Gasteiger partial charge in [-0.2, -0.15) is 0 Å². The van der Waals surface area contributed by atoms with Crippen molar-refractivity contribution in [3.05, 3.63) is 29.3 Å². The van der Waals surface area contributed by atoms with E-state index in [4.69, 9.17) is 5.11 Å². The Hall–Kier alpha value is -1.51. The lowest BCUT2D eigenvalue weighted by Crippen LogP contribution is -2.41. The Labute approximate surface area is 120 Å². The number of aromatic carboxylic acids is 1. The van der Waals surface area contributed by atoms with E-state index in [9.17, 15) is 4.79 Å². The van der Waals surface area contributed by atoms with Crippen LogP contribution in [-0.2, 0) is 0 Å². The van der Waals surface area contributed by atoms with E-state index in [1.807, 2.05) is 19.1 Å². The van der Waals surface area contributed by atoms with Crippen LogP contribution in [0.25, 0.3) is 0 Å². The molecule has 0 radical (unpaired) electrons. The Morgan fingerprint density at radius 2 is 1.95 bits per heavy atom. The lowest BCUT2D eigenvalue weighted by Gasteiger charge is -2.42. The number of hydrogen-bond acceptors (Lipinski definition) is 2. The lowest BCUT2D eigenvalue weighted by atomic mass is 9.75. The van der Waals surface area contributed by atoms with Crippen LogP contribution in [0.4, 0.5) is 5.69 Å². The molecule has 1 aliphatic carbocycles. The van der Waals surface area contributed by atoms with Crippen LogP contribution < -0.4 is 4.90 Å². The van der Waals surface area contributed by atoms with Crippen molar-refractivity contribution in [3.63, 3.8) is 0 Å². The summed E-state index contributed by atoms with van der Waals surface area (Å²) < 4.78 is 0. The molecule has 1 aromatic carbocycles. The van der Waals surface area contributed by atoms with Crippen molar-refractivity contribution < 1.29 is 9.90 Å². The van der Waals surface area contributed by atoms with Gasteiger partial charge in [0.25, 0.3) is 0 Å². The van der Waals surface area contributed by atoms with E-state index in [2.05, 4.69) is 4.90 Å². The van der Waals surface area contributed by atoms with E-state index in [0.717, 1.165) is 30.5 Å². The molecule has 2 unspecified atom stereocenters. The molecule has 0 amide bonds. The largest absolute Gasteiger partial charge is 0.478 e. The third-order valence-electron chi connectivity index (χ3n) is 5.10. The molecule has 0 spiro atoms. The highest BCUT2D eigenvalue weighted by Crippen LogP contribution is 2.37. The summed E-state index contributed by atoms with van der Waals surface area (Å²) in [5.74, 6) is 0.941. The molecular formula is C17H23NO2. The van der Waals surface area contributed by atoms with Gasteiger partial charge in [0.05, 0.1) is 5.56 Å². The monoisotopic (exact) mass is 273 g/mol. The normalized spacial score (nSPS) is 26.1. The molecule has 3 rings (SSSR count). The fraction of sp³-hybridized carbons (Fsp3) is 0.588. The predicted octanol–water partition coefficient (Wildman–Crippen LogP) is 3.71. The van der Waals surface area contributed by atoms with Crippen molar-refractivity contribution in [2.45, 2.75) is 39.0 Å². The van der Waals surface area contributed by atoms with Crippen molar-refractivity contribution in [2.75, 3.05) is 18.0 Å². The summed E-state index contributed by atoms with van der Waals surface area (Å²) in [4.78, 5) is 13.5. The van der Waals surface area contributed by atoms with Crippen LogP contribution in [0.1, 0.15) is 48.0 Å². The Morgan fingerprint density at radius 1 is 1.20 bits per heavy atom. The molecule has 0 bridgehead atoms. The minimum atomic E-state index is -0.833. The number of rotatable bonds is 2. The number of fused-ring (bicyclic) bond motifs is 1. The highest BCUT2D eigenvalue weighted by atomic mass is 16.4. The molecule has 1 N–H and O–H groups in total. The number of anilines is 1. The maximum Gasteiger partial charge on any atom is 0.335 e. The third kappa shape index (κ3) is 2.54. The molecule has 0 aromatic heterocycles. The number of hydrogen-bond donors (Lipinski definition) is 1. The molecule has 3 heteroatoms. The summed E-state index contributed by atoms with van der Waals surface area (Å²) in [6, 6.07) is 5.76. The zero-order chi connectivity index (χ0) is 14.1. The molecule has 1 saturated carbocycles. The zero-order valence-electron chi connectivity index (χ0n) is 12.1. The second-order valence-corrected chi connectivity index (χ2v) is 6.34. The summed E-state index contributed by atoms with van der Waals surface area (Å²) in [6.45, 7) is 4.16. The van der Waals surface area contributed by atoms with Gasteiger partial charge in [-0.1, -0.05) is 19.3 Å². The van der Waals surface area contributed by atoms with Crippen LogP contribution in [-0.4, -0.2) is 24.2 Å². The smallest absolute Gasteiger partial charge is 0.335 e. The first-order valence-corrected chi connectivity index (χ1v) is 7.74. The predicted molar refractivity (Wildman–Crippen MR) is 80.4 cm³/mol. The van der Waals surface area contributed by atoms with Crippen molar-refractivity contribution >= 4 is 11.7 Å². The fourth-order valence-electron chi connectivity index (χ4n) is 3.92. The highest BCUT2D eigenvalue weighted by molar-refractivity contribution is 5.89. The molecule has 1 saturated heterocycles. The van der Waals surface area contributed by atoms with Gasteiger partial charge in [-0.05, 0) is 55.4 Å². The minimum absolute atomic E-state index is 0.418. The van der Waals surface area contributed by atoms with Gasteiger partial charge in [0, 0.05) is 18.8 Å². The van der Waals surface area contributed by atoms with Crippen LogP contribution in [0.2, 0.25) is 0 Å². The first-order chi connectivity index (χ1) is 9.65. The molecular weight excluding hydrogens is 250 g/mol. The zero-order valence-corrected chi connectivity index (χ0v) is 12.1. The van der Waals surface area contributed by atoms with Crippen LogP contribution in [0, 0.1) is 18.8 Å². The first kappa shape index (κ1) is 13.5. The SMILES string of the molecule is Cc1cc(N2CCC3CCCCC3C2)ccc1C(=O)O. The standard InChI is InChI=1S/C17H23NO2/c1-12-10-15(6-7-16(12)17(19)20)18-9-8-13-4-2-3-5-14(13)11-18/h6-7,10,13-14H,2-5,8-9,11H2,1H3,(H,19,20). The third-order valence-corrected chi connectivity index (χ3v) is 5.10. The molecule has 3 nitrogen and oxygen atoms in total. The molecule has 2 atom stereocenters. The number of aryl methyl sites for hydroxylation is 1. The van der Waals surface area contributed by atoms with Gasteiger partial charge < -0.3 is 10.0 Å². The lowest BCUT2D eigenvalue weighted by molar-refractivity contribution is 0.0696. The van der Waals surface area contributed by atoms with Crippen molar-refractivity contribution in [2.24, 2.45) is 11.8 Å².